The Bertz CT molecular complexity index is 591. The zero-order chi connectivity index (χ0) is 13.0. The Morgan fingerprint density at radius 2 is 2.33 bits per heavy atom. The molecule has 1 aromatic heterocycles. The Morgan fingerprint density at radius 3 is 3.06 bits per heavy atom. The maximum absolute atomic E-state index is 13.4. The molecule has 2 aromatic rings. The van der Waals surface area contributed by atoms with Gasteiger partial charge in [-0.25, -0.2) is 4.39 Å². The standard InChI is InChI=1S/C11H9FN4S2/c1-2-14-10-15-16-11(18-10)17-9-5-3-4-8(12)7(9)6-13/h3-5H,2H2,1H3,(H,14,15). The Labute approximate surface area is 112 Å². The zero-order valence-corrected chi connectivity index (χ0v) is 11.1. The average Bonchev–Trinajstić information content (AvgIpc) is 2.77. The van der Waals surface area contributed by atoms with E-state index in [0.717, 1.165) is 11.7 Å². The van der Waals surface area contributed by atoms with Crippen molar-refractivity contribution < 1.29 is 4.39 Å². The summed E-state index contributed by atoms with van der Waals surface area (Å²) in [4.78, 5) is 0.552. The maximum atomic E-state index is 13.4. The highest BCUT2D eigenvalue weighted by atomic mass is 32.2. The molecule has 1 heterocycles. The van der Waals surface area contributed by atoms with Gasteiger partial charge >= 0.3 is 0 Å². The van der Waals surface area contributed by atoms with Gasteiger partial charge in [0, 0.05) is 11.4 Å². The van der Waals surface area contributed by atoms with Crippen molar-refractivity contribution in [2.24, 2.45) is 0 Å². The summed E-state index contributed by atoms with van der Waals surface area (Å²) >= 11 is 2.62. The minimum atomic E-state index is -0.515. The van der Waals surface area contributed by atoms with E-state index in [1.54, 1.807) is 12.1 Å². The normalized spacial score (nSPS) is 10.1. The lowest BCUT2D eigenvalue weighted by molar-refractivity contribution is 0.620. The highest BCUT2D eigenvalue weighted by Crippen LogP contribution is 2.34. The molecule has 0 radical (unpaired) electrons. The fraction of sp³-hybridized carbons (Fsp3) is 0.182. The zero-order valence-electron chi connectivity index (χ0n) is 9.48. The smallest absolute Gasteiger partial charge is 0.206 e. The number of nitriles is 1. The van der Waals surface area contributed by atoms with Crippen LogP contribution in [0.4, 0.5) is 9.52 Å². The van der Waals surface area contributed by atoms with Gasteiger partial charge < -0.3 is 5.32 Å². The van der Waals surface area contributed by atoms with E-state index >= 15 is 0 Å². The molecule has 0 unspecified atom stereocenters. The molecule has 7 heteroatoms. The van der Waals surface area contributed by atoms with Crippen LogP contribution in [0.1, 0.15) is 12.5 Å². The van der Waals surface area contributed by atoms with Crippen LogP contribution in [0.5, 0.6) is 0 Å². The Balaban J connectivity index is 2.23. The quantitative estimate of drug-likeness (QED) is 0.932. The van der Waals surface area contributed by atoms with Gasteiger partial charge in [-0.05, 0) is 19.1 Å². The van der Waals surface area contributed by atoms with Crippen molar-refractivity contribution in [3.05, 3.63) is 29.6 Å². The van der Waals surface area contributed by atoms with E-state index in [1.807, 2.05) is 13.0 Å². The minimum absolute atomic E-state index is 0.0442. The molecule has 0 atom stereocenters. The number of hydrogen-bond acceptors (Lipinski definition) is 6. The van der Waals surface area contributed by atoms with Gasteiger partial charge in [0.15, 0.2) is 4.34 Å². The van der Waals surface area contributed by atoms with Gasteiger partial charge in [-0.3, -0.25) is 0 Å². The number of anilines is 1. The molecule has 0 amide bonds. The fourth-order valence-electron chi connectivity index (χ4n) is 1.27. The summed E-state index contributed by atoms with van der Waals surface area (Å²) in [7, 11) is 0. The summed E-state index contributed by atoms with van der Waals surface area (Å²) in [6.07, 6.45) is 0. The van der Waals surface area contributed by atoms with Gasteiger partial charge in [-0.1, -0.05) is 29.2 Å². The monoisotopic (exact) mass is 280 g/mol. The van der Waals surface area contributed by atoms with E-state index in [1.165, 1.54) is 29.2 Å². The molecule has 1 aromatic carbocycles. The summed E-state index contributed by atoms with van der Waals surface area (Å²) in [6.45, 7) is 2.73. The Kier molecular flexibility index (Phi) is 4.12. The third-order valence-electron chi connectivity index (χ3n) is 2.02. The van der Waals surface area contributed by atoms with E-state index in [0.29, 0.717) is 9.24 Å². The van der Waals surface area contributed by atoms with Gasteiger partial charge in [0.05, 0.1) is 0 Å². The molecule has 92 valence electrons. The summed E-state index contributed by atoms with van der Waals surface area (Å²) < 4.78 is 14.1. The molecule has 0 fully saturated rings. The van der Waals surface area contributed by atoms with Gasteiger partial charge in [0.25, 0.3) is 0 Å². The van der Waals surface area contributed by atoms with Gasteiger partial charge in [0.2, 0.25) is 5.13 Å². The third kappa shape index (κ3) is 2.78. The number of rotatable bonds is 4. The number of aromatic nitrogens is 2. The lowest BCUT2D eigenvalue weighted by Gasteiger charge is -2.00. The molecule has 4 nitrogen and oxygen atoms in total. The highest BCUT2D eigenvalue weighted by Gasteiger charge is 2.12. The van der Waals surface area contributed by atoms with Crippen molar-refractivity contribution in [2.45, 2.75) is 16.2 Å². The predicted octanol–water partition coefficient (Wildman–Crippen LogP) is 3.13. The largest absolute Gasteiger partial charge is 0.360 e. The summed E-state index contributed by atoms with van der Waals surface area (Å²) in [5, 5.41) is 20.6. The number of nitrogens with one attached hydrogen (secondary N) is 1. The summed E-state index contributed by atoms with van der Waals surface area (Å²) in [5.74, 6) is -0.515. The van der Waals surface area contributed by atoms with Crippen molar-refractivity contribution in [3.8, 4) is 6.07 Å². The molecule has 0 aliphatic carbocycles. The van der Waals surface area contributed by atoms with Crippen molar-refractivity contribution in [1.29, 1.82) is 5.26 Å². The SMILES string of the molecule is CCNc1nnc(Sc2cccc(F)c2C#N)s1. The first-order valence-corrected chi connectivity index (χ1v) is 6.81. The fourth-order valence-corrected chi connectivity index (χ4v) is 3.15. The van der Waals surface area contributed by atoms with Crippen molar-refractivity contribution in [2.75, 3.05) is 11.9 Å². The van der Waals surface area contributed by atoms with Gasteiger partial charge in [-0.2, -0.15) is 5.26 Å². The molecular weight excluding hydrogens is 271 g/mol. The first-order chi connectivity index (χ1) is 8.74. The highest BCUT2D eigenvalue weighted by molar-refractivity contribution is 8.01. The van der Waals surface area contributed by atoms with Crippen LogP contribution in [0.25, 0.3) is 0 Å². The predicted molar refractivity (Wildman–Crippen MR) is 69.3 cm³/mol. The lowest BCUT2D eigenvalue weighted by Crippen LogP contribution is -1.94. The van der Waals surface area contributed by atoms with E-state index in [4.69, 9.17) is 5.26 Å². The topological polar surface area (TPSA) is 61.6 Å². The first-order valence-electron chi connectivity index (χ1n) is 5.18. The second-order valence-electron chi connectivity index (χ2n) is 3.23. The molecule has 0 aliphatic heterocycles. The molecule has 1 N–H and O–H groups in total. The second kappa shape index (κ2) is 5.80. The van der Waals surface area contributed by atoms with Crippen molar-refractivity contribution in [3.63, 3.8) is 0 Å². The van der Waals surface area contributed by atoms with Crippen LogP contribution < -0.4 is 5.32 Å². The van der Waals surface area contributed by atoms with Crippen LogP contribution in [0.3, 0.4) is 0 Å². The third-order valence-corrected chi connectivity index (χ3v) is 4.01. The molecule has 0 aliphatic rings. The van der Waals surface area contributed by atoms with Crippen LogP contribution in [0.15, 0.2) is 27.4 Å². The maximum Gasteiger partial charge on any atom is 0.206 e. The van der Waals surface area contributed by atoms with E-state index < -0.39 is 5.82 Å². The van der Waals surface area contributed by atoms with E-state index in [2.05, 4.69) is 15.5 Å². The van der Waals surface area contributed by atoms with Crippen LogP contribution in [-0.4, -0.2) is 16.7 Å². The number of nitrogens with zero attached hydrogens (tertiary/aromatic N) is 3. The molecule has 0 saturated carbocycles. The van der Waals surface area contributed by atoms with Crippen molar-refractivity contribution >= 4 is 28.2 Å². The molecule has 0 saturated heterocycles. The Hall–Kier alpha value is -1.65. The van der Waals surface area contributed by atoms with Crippen molar-refractivity contribution in [1.82, 2.24) is 10.2 Å². The van der Waals surface area contributed by atoms with Crippen LogP contribution in [0.2, 0.25) is 0 Å². The second-order valence-corrected chi connectivity index (χ2v) is 5.50. The van der Waals surface area contributed by atoms with Gasteiger partial charge in [0.1, 0.15) is 17.4 Å². The molecule has 2 rings (SSSR count). The lowest BCUT2D eigenvalue weighted by atomic mass is 10.2. The van der Waals surface area contributed by atoms with Gasteiger partial charge in [-0.15, -0.1) is 10.2 Å². The molecule has 0 spiro atoms. The molecule has 18 heavy (non-hydrogen) atoms. The summed E-state index contributed by atoms with van der Waals surface area (Å²) in [6, 6.07) is 6.40. The number of hydrogen-bond donors (Lipinski definition) is 1. The summed E-state index contributed by atoms with van der Waals surface area (Å²) in [5.41, 5.74) is 0.0442. The first kappa shape index (κ1) is 12.8. The van der Waals surface area contributed by atoms with E-state index in [-0.39, 0.29) is 5.56 Å². The molecule has 0 bridgehead atoms. The number of halogens is 1. The Morgan fingerprint density at radius 1 is 1.50 bits per heavy atom. The van der Waals surface area contributed by atoms with E-state index in [9.17, 15) is 4.39 Å². The number of benzene rings is 1. The average molecular weight is 280 g/mol. The minimum Gasteiger partial charge on any atom is -0.360 e. The van der Waals surface area contributed by atoms with Crippen LogP contribution in [0, 0.1) is 17.1 Å². The van der Waals surface area contributed by atoms with Crippen LogP contribution in [-0.2, 0) is 0 Å². The van der Waals surface area contributed by atoms with Crippen LogP contribution >= 0.6 is 23.1 Å². The molecular formula is C11H9FN4S2.